The van der Waals surface area contributed by atoms with Crippen LogP contribution in [0.15, 0.2) is 81.7 Å². The number of hydrogen-bond donors (Lipinski definition) is 0. The quantitative estimate of drug-likeness (QED) is 0.197. The van der Waals surface area contributed by atoms with Crippen molar-refractivity contribution in [2.75, 3.05) is 0 Å². The van der Waals surface area contributed by atoms with E-state index >= 15 is 4.39 Å². The van der Waals surface area contributed by atoms with E-state index in [2.05, 4.69) is 44.0 Å². The van der Waals surface area contributed by atoms with Crippen LogP contribution in [0.1, 0.15) is 32.2 Å². The van der Waals surface area contributed by atoms with Crippen LogP contribution in [0.2, 0.25) is 0 Å². The van der Waals surface area contributed by atoms with Crippen molar-refractivity contribution in [1.29, 1.82) is 0 Å². The number of benzene rings is 2. The van der Waals surface area contributed by atoms with E-state index < -0.39 is 11.1 Å². The van der Waals surface area contributed by atoms with E-state index in [0.29, 0.717) is 22.8 Å². The third kappa shape index (κ3) is 5.37. The SMILES string of the molecule is CC(C)(C)C(F)(c1cccc(-c2[c-]ccc(Br)c2)n1)c1cccc(-c2[c-]ccc(Br)c2)n1.[Pt+2]. The molecule has 0 radical (unpaired) electrons. The van der Waals surface area contributed by atoms with Gasteiger partial charge < -0.3 is 0 Å². The third-order valence-electron chi connectivity index (χ3n) is 5.32. The molecular weight excluding hydrogens is 726 g/mol. The number of halogens is 3. The predicted molar refractivity (Wildman–Crippen MR) is 134 cm³/mol. The van der Waals surface area contributed by atoms with E-state index in [1.807, 2.05) is 81.4 Å². The molecule has 6 heteroatoms. The van der Waals surface area contributed by atoms with E-state index in [0.717, 1.165) is 20.1 Å². The summed E-state index contributed by atoms with van der Waals surface area (Å²) in [5.41, 5.74) is 0.824. The standard InChI is InChI=1S/C27H21Br2FN2.Pt/c1-26(2,3)27(30,24-14-6-12-22(31-24)18-8-4-10-20(28)16-18)25-15-7-13-23(32-25)19-9-5-11-21(29)17-19;/h4-7,10-17H,1-3H3;/q-2;+2. The molecule has 2 aromatic heterocycles. The maximum atomic E-state index is 17.1. The summed E-state index contributed by atoms with van der Waals surface area (Å²) in [4.78, 5) is 9.47. The van der Waals surface area contributed by atoms with Crippen molar-refractivity contribution < 1.29 is 25.5 Å². The van der Waals surface area contributed by atoms with E-state index in [1.54, 1.807) is 12.1 Å². The Kier molecular flexibility index (Phi) is 8.09. The molecule has 4 aromatic rings. The van der Waals surface area contributed by atoms with Crippen LogP contribution in [0.3, 0.4) is 0 Å². The predicted octanol–water partition coefficient (Wildman–Crippen LogP) is 8.19. The van der Waals surface area contributed by atoms with Crippen LogP contribution < -0.4 is 0 Å². The van der Waals surface area contributed by atoms with E-state index in [4.69, 9.17) is 9.97 Å². The van der Waals surface area contributed by atoms with Gasteiger partial charge in [-0.1, -0.05) is 85.8 Å². The van der Waals surface area contributed by atoms with Gasteiger partial charge >= 0.3 is 21.1 Å². The molecule has 0 aliphatic rings. The van der Waals surface area contributed by atoms with Crippen molar-refractivity contribution in [3.05, 3.63) is 105 Å². The minimum Gasteiger partial charge on any atom is -0.297 e. The number of rotatable bonds is 4. The van der Waals surface area contributed by atoms with Gasteiger partial charge in [0.15, 0.2) is 5.67 Å². The molecule has 33 heavy (non-hydrogen) atoms. The zero-order valence-electron chi connectivity index (χ0n) is 18.3. The summed E-state index contributed by atoms with van der Waals surface area (Å²) in [6.07, 6.45) is 0. The van der Waals surface area contributed by atoms with Crippen LogP contribution in [-0.4, -0.2) is 9.97 Å². The number of alkyl halides is 1. The van der Waals surface area contributed by atoms with Crippen molar-refractivity contribution in [3.8, 4) is 22.5 Å². The molecule has 0 spiro atoms. The van der Waals surface area contributed by atoms with Gasteiger partial charge in [0.2, 0.25) is 0 Å². The van der Waals surface area contributed by atoms with Gasteiger partial charge in [0.1, 0.15) is 0 Å². The van der Waals surface area contributed by atoms with Crippen molar-refractivity contribution in [1.82, 2.24) is 9.97 Å². The van der Waals surface area contributed by atoms with Crippen LogP contribution in [0.25, 0.3) is 22.5 Å². The summed E-state index contributed by atoms with van der Waals surface area (Å²) >= 11 is 6.97. The molecule has 4 rings (SSSR count). The normalized spacial score (nSPS) is 11.7. The number of pyridine rings is 2. The van der Waals surface area contributed by atoms with Gasteiger partial charge in [-0.2, -0.15) is 0 Å². The number of aromatic nitrogens is 2. The average Bonchev–Trinajstić information content (AvgIpc) is 2.78. The fourth-order valence-corrected chi connectivity index (χ4v) is 4.35. The summed E-state index contributed by atoms with van der Waals surface area (Å²) < 4.78 is 19.0. The molecule has 0 fully saturated rings. The van der Waals surface area contributed by atoms with Crippen molar-refractivity contribution in [3.63, 3.8) is 0 Å². The molecule has 0 saturated heterocycles. The Morgan fingerprint density at radius 1 is 0.727 bits per heavy atom. The molecule has 0 aliphatic carbocycles. The van der Waals surface area contributed by atoms with Gasteiger partial charge in [-0.25, -0.2) is 4.39 Å². The minimum absolute atomic E-state index is 0. The Labute approximate surface area is 225 Å². The molecule has 0 atom stereocenters. The van der Waals surface area contributed by atoms with Crippen molar-refractivity contribution in [2.45, 2.75) is 26.4 Å². The number of hydrogen-bond acceptors (Lipinski definition) is 2. The Hall–Kier alpha value is -1.68. The second-order valence-electron chi connectivity index (χ2n) is 8.57. The smallest absolute Gasteiger partial charge is 0.297 e. The van der Waals surface area contributed by atoms with E-state index in [-0.39, 0.29) is 21.1 Å². The molecule has 0 amide bonds. The average molecular weight is 747 g/mol. The maximum Gasteiger partial charge on any atom is 2.00 e. The maximum absolute atomic E-state index is 17.1. The molecule has 0 aliphatic heterocycles. The molecule has 0 saturated carbocycles. The first kappa shape index (κ1) is 25.9. The van der Waals surface area contributed by atoms with Crippen LogP contribution >= 0.6 is 31.9 Å². The minimum atomic E-state index is -1.92. The largest absolute Gasteiger partial charge is 2.00 e. The number of nitrogens with zero attached hydrogens (tertiary/aromatic N) is 2. The molecule has 170 valence electrons. The zero-order chi connectivity index (χ0) is 22.9. The van der Waals surface area contributed by atoms with Gasteiger partial charge in [-0.05, 0) is 23.5 Å². The first-order valence-electron chi connectivity index (χ1n) is 10.2. The fourth-order valence-electron chi connectivity index (χ4n) is 3.63. The van der Waals surface area contributed by atoms with Gasteiger partial charge in [-0.3, -0.25) is 9.97 Å². The molecule has 2 nitrogen and oxygen atoms in total. The van der Waals surface area contributed by atoms with E-state index in [9.17, 15) is 0 Å². The Morgan fingerprint density at radius 3 is 1.52 bits per heavy atom. The summed E-state index contributed by atoms with van der Waals surface area (Å²) in [6, 6.07) is 28.5. The summed E-state index contributed by atoms with van der Waals surface area (Å²) in [5.74, 6) is 0. The van der Waals surface area contributed by atoms with Crippen molar-refractivity contribution >= 4 is 31.9 Å². The Morgan fingerprint density at radius 2 is 1.15 bits per heavy atom. The molecule has 2 aromatic carbocycles. The molecular formula is C27H21Br2FN2Pt. The topological polar surface area (TPSA) is 25.8 Å². The monoisotopic (exact) mass is 745 g/mol. The summed E-state index contributed by atoms with van der Waals surface area (Å²) in [6.45, 7) is 5.60. The van der Waals surface area contributed by atoms with Gasteiger partial charge in [-0.15, -0.1) is 59.7 Å². The van der Waals surface area contributed by atoms with E-state index in [1.165, 1.54) is 0 Å². The fraction of sp³-hybridized carbons (Fsp3) is 0.185. The van der Waals surface area contributed by atoms with Crippen molar-refractivity contribution in [2.24, 2.45) is 5.41 Å². The zero-order valence-corrected chi connectivity index (χ0v) is 23.7. The van der Waals surface area contributed by atoms with Gasteiger partial charge in [0.25, 0.3) is 0 Å². The Bertz CT molecular complexity index is 1180. The first-order valence-corrected chi connectivity index (χ1v) is 11.8. The molecule has 0 bridgehead atoms. The van der Waals surface area contributed by atoms with Crippen LogP contribution in [-0.2, 0) is 26.7 Å². The molecule has 0 unspecified atom stereocenters. The third-order valence-corrected chi connectivity index (χ3v) is 6.30. The summed E-state index contributed by atoms with van der Waals surface area (Å²) in [7, 11) is 0. The second-order valence-corrected chi connectivity index (χ2v) is 10.4. The summed E-state index contributed by atoms with van der Waals surface area (Å²) in [5, 5.41) is 0. The molecule has 2 heterocycles. The molecule has 0 N–H and O–H groups in total. The van der Waals surface area contributed by atoms with Gasteiger partial charge in [0.05, 0.1) is 11.4 Å². The van der Waals surface area contributed by atoms with Gasteiger partial charge in [0, 0.05) is 5.41 Å². The van der Waals surface area contributed by atoms with Crippen LogP contribution in [0, 0.1) is 17.5 Å². The van der Waals surface area contributed by atoms with Crippen LogP contribution in [0.5, 0.6) is 0 Å². The second kappa shape index (κ2) is 10.3. The van der Waals surface area contributed by atoms with Crippen LogP contribution in [0.4, 0.5) is 4.39 Å². The first-order chi connectivity index (χ1) is 15.2. The Balaban J connectivity index is 0.00000306.